The van der Waals surface area contributed by atoms with Gasteiger partial charge in [0.2, 0.25) is 5.76 Å². The number of benzene rings is 2. The van der Waals surface area contributed by atoms with Gasteiger partial charge in [0, 0.05) is 0 Å². The standard InChI is InChI=1S/C21H18FNO7S/c1-13-11-14(22)7-10-19(13)31(26,27)23-17-6-4-3-5-16(17)20(24)29-12-15-8-9-18(30-15)21(25)28-2/h3-11,23H,12H2,1-2H3. The summed E-state index contributed by atoms with van der Waals surface area (Å²) in [4.78, 5) is 23.8. The first-order chi connectivity index (χ1) is 14.7. The van der Waals surface area contributed by atoms with Crippen LogP contribution in [0.4, 0.5) is 10.1 Å². The quantitative estimate of drug-likeness (QED) is 0.550. The first-order valence-corrected chi connectivity index (χ1v) is 10.4. The van der Waals surface area contributed by atoms with Crippen LogP contribution in [0.15, 0.2) is 63.9 Å². The monoisotopic (exact) mass is 447 g/mol. The van der Waals surface area contributed by atoms with E-state index >= 15 is 0 Å². The molecule has 8 nitrogen and oxygen atoms in total. The smallest absolute Gasteiger partial charge is 0.373 e. The lowest BCUT2D eigenvalue weighted by atomic mass is 10.2. The maximum absolute atomic E-state index is 13.3. The van der Waals surface area contributed by atoms with Gasteiger partial charge < -0.3 is 13.9 Å². The largest absolute Gasteiger partial charge is 0.463 e. The third kappa shape index (κ3) is 5.10. The lowest BCUT2D eigenvalue weighted by Crippen LogP contribution is -2.17. The molecule has 0 amide bonds. The molecule has 0 aliphatic carbocycles. The third-order valence-corrected chi connectivity index (χ3v) is 5.74. The van der Waals surface area contributed by atoms with E-state index in [0.29, 0.717) is 0 Å². The molecule has 1 heterocycles. The molecular weight excluding hydrogens is 429 g/mol. The van der Waals surface area contributed by atoms with Crippen LogP contribution in [0, 0.1) is 12.7 Å². The molecule has 0 atom stereocenters. The fourth-order valence-corrected chi connectivity index (χ4v) is 4.05. The summed E-state index contributed by atoms with van der Waals surface area (Å²) in [5.41, 5.74) is 0.170. The lowest BCUT2D eigenvalue weighted by Gasteiger charge is -2.13. The van der Waals surface area contributed by atoms with Crippen LogP contribution in [-0.4, -0.2) is 27.5 Å². The minimum Gasteiger partial charge on any atom is -0.463 e. The Bertz CT molecular complexity index is 1230. The van der Waals surface area contributed by atoms with Gasteiger partial charge in [0.25, 0.3) is 10.0 Å². The van der Waals surface area contributed by atoms with Gasteiger partial charge in [-0.1, -0.05) is 12.1 Å². The van der Waals surface area contributed by atoms with Gasteiger partial charge in [0.05, 0.1) is 23.3 Å². The molecule has 0 aliphatic rings. The number of aryl methyl sites for hydroxylation is 1. The zero-order chi connectivity index (χ0) is 22.6. The fraction of sp³-hybridized carbons (Fsp3) is 0.143. The summed E-state index contributed by atoms with van der Waals surface area (Å²) in [5, 5.41) is 0. The average molecular weight is 447 g/mol. The molecule has 0 spiro atoms. The number of carbonyl (C=O) groups is 2. The summed E-state index contributed by atoms with van der Waals surface area (Å²) in [6.07, 6.45) is 0. The number of anilines is 1. The van der Waals surface area contributed by atoms with E-state index in [2.05, 4.69) is 9.46 Å². The van der Waals surface area contributed by atoms with E-state index < -0.39 is 27.8 Å². The van der Waals surface area contributed by atoms with Gasteiger partial charge in [-0.05, 0) is 55.0 Å². The Balaban J connectivity index is 1.77. The number of methoxy groups -OCH3 is 1. The number of ether oxygens (including phenoxy) is 2. The van der Waals surface area contributed by atoms with Crippen LogP contribution in [0.1, 0.15) is 32.2 Å². The van der Waals surface area contributed by atoms with E-state index in [9.17, 15) is 22.4 Å². The second-order valence-corrected chi connectivity index (χ2v) is 8.05. The number of furan rings is 1. The van der Waals surface area contributed by atoms with E-state index in [-0.39, 0.29) is 39.8 Å². The molecule has 31 heavy (non-hydrogen) atoms. The molecule has 3 aromatic rings. The van der Waals surface area contributed by atoms with Crippen LogP contribution < -0.4 is 4.72 Å². The number of sulfonamides is 1. The van der Waals surface area contributed by atoms with Crippen molar-refractivity contribution in [3.8, 4) is 0 Å². The summed E-state index contributed by atoms with van der Waals surface area (Å²) in [6, 6.07) is 12.0. The highest BCUT2D eigenvalue weighted by atomic mass is 32.2. The van der Waals surface area contributed by atoms with Crippen LogP contribution in [0.25, 0.3) is 0 Å². The van der Waals surface area contributed by atoms with Crippen LogP contribution >= 0.6 is 0 Å². The molecule has 0 aliphatic heterocycles. The maximum atomic E-state index is 13.3. The van der Waals surface area contributed by atoms with Crippen molar-refractivity contribution in [2.75, 3.05) is 11.8 Å². The fourth-order valence-electron chi connectivity index (χ4n) is 2.74. The van der Waals surface area contributed by atoms with Gasteiger partial charge in [0.1, 0.15) is 18.2 Å². The Labute approximate surface area is 177 Å². The SMILES string of the molecule is COC(=O)c1ccc(COC(=O)c2ccccc2NS(=O)(=O)c2ccc(F)cc2C)o1. The molecule has 0 radical (unpaired) electrons. The van der Waals surface area contributed by atoms with Crippen LogP contribution in [0.5, 0.6) is 0 Å². The molecule has 0 unspecified atom stereocenters. The predicted octanol–water partition coefficient (Wildman–Crippen LogP) is 3.67. The lowest BCUT2D eigenvalue weighted by molar-refractivity contribution is 0.0439. The highest BCUT2D eigenvalue weighted by Crippen LogP contribution is 2.24. The Morgan fingerprint density at radius 3 is 2.52 bits per heavy atom. The molecule has 1 N–H and O–H groups in total. The Morgan fingerprint density at radius 2 is 1.81 bits per heavy atom. The molecular formula is C21H18FNO7S. The minimum atomic E-state index is -4.09. The number of rotatable bonds is 7. The number of carbonyl (C=O) groups excluding carboxylic acids is 2. The molecule has 162 valence electrons. The zero-order valence-electron chi connectivity index (χ0n) is 16.5. The third-order valence-electron chi connectivity index (χ3n) is 4.21. The zero-order valence-corrected chi connectivity index (χ0v) is 17.4. The molecule has 0 saturated heterocycles. The number of halogens is 1. The topological polar surface area (TPSA) is 112 Å². The molecule has 0 saturated carbocycles. The highest BCUT2D eigenvalue weighted by Gasteiger charge is 2.21. The van der Waals surface area contributed by atoms with Gasteiger partial charge in [-0.15, -0.1) is 0 Å². The van der Waals surface area contributed by atoms with Crippen molar-refractivity contribution in [2.45, 2.75) is 18.4 Å². The molecule has 0 bridgehead atoms. The molecule has 1 aromatic heterocycles. The number of esters is 2. The van der Waals surface area contributed by atoms with Gasteiger partial charge in [-0.3, -0.25) is 4.72 Å². The summed E-state index contributed by atoms with van der Waals surface area (Å²) < 4.78 is 56.0. The predicted molar refractivity (Wildman–Crippen MR) is 108 cm³/mol. The first kappa shape index (κ1) is 22.0. The summed E-state index contributed by atoms with van der Waals surface area (Å²) in [7, 11) is -2.88. The average Bonchev–Trinajstić information content (AvgIpc) is 3.20. The van der Waals surface area contributed by atoms with Gasteiger partial charge >= 0.3 is 11.9 Å². The van der Waals surface area contributed by atoms with Crippen molar-refractivity contribution >= 4 is 27.6 Å². The van der Waals surface area contributed by atoms with E-state index in [1.807, 2.05) is 0 Å². The number of hydrogen-bond acceptors (Lipinski definition) is 7. The van der Waals surface area contributed by atoms with Crippen molar-refractivity contribution in [1.29, 1.82) is 0 Å². The van der Waals surface area contributed by atoms with E-state index in [1.54, 1.807) is 12.1 Å². The summed E-state index contributed by atoms with van der Waals surface area (Å²) >= 11 is 0. The first-order valence-electron chi connectivity index (χ1n) is 8.93. The van der Waals surface area contributed by atoms with Crippen molar-refractivity contribution in [1.82, 2.24) is 0 Å². The number of hydrogen-bond donors (Lipinski definition) is 1. The van der Waals surface area contributed by atoms with Crippen LogP contribution in [0.2, 0.25) is 0 Å². The van der Waals surface area contributed by atoms with Crippen molar-refractivity contribution in [3.63, 3.8) is 0 Å². The van der Waals surface area contributed by atoms with E-state index in [0.717, 1.165) is 18.2 Å². The number of para-hydroxylation sites is 1. The normalized spacial score (nSPS) is 11.1. The van der Waals surface area contributed by atoms with Gasteiger partial charge in [-0.2, -0.15) is 0 Å². The second kappa shape index (κ2) is 9.00. The Morgan fingerprint density at radius 1 is 1.06 bits per heavy atom. The highest BCUT2D eigenvalue weighted by molar-refractivity contribution is 7.92. The molecule has 2 aromatic carbocycles. The second-order valence-electron chi connectivity index (χ2n) is 6.39. The molecule has 0 fully saturated rings. The van der Waals surface area contributed by atoms with E-state index in [4.69, 9.17) is 9.15 Å². The summed E-state index contributed by atoms with van der Waals surface area (Å²) in [5.74, 6) is -1.89. The maximum Gasteiger partial charge on any atom is 0.373 e. The summed E-state index contributed by atoms with van der Waals surface area (Å²) in [6.45, 7) is 1.18. The Kier molecular flexibility index (Phi) is 6.40. The van der Waals surface area contributed by atoms with Crippen LogP contribution in [-0.2, 0) is 26.1 Å². The van der Waals surface area contributed by atoms with Gasteiger partial charge in [-0.25, -0.2) is 22.4 Å². The van der Waals surface area contributed by atoms with Crippen molar-refractivity contribution < 1.29 is 36.3 Å². The Hall–Kier alpha value is -3.66. The number of nitrogens with one attached hydrogen (secondary N) is 1. The van der Waals surface area contributed by atoms with Crippen molar-refractivity contribution in [3.05, 3.63) is 83.1 Å². The minimum absolute atomic E-state index is 0.00841. The van der Waals surface area contributed by atoms with Crippen LogP contribution in [0.3, 0.4) is 0 Å². The molecule has 10 heteroatoms. The molecule has 3 rings (SSSR count). The van der Waals surface area contributed by atoms with Gasteiger partial charge in [0.15, 0.2) is 0 Å². The van der Waals surface area contributed by atoms with E-state index in [1.165, 1.54) is 38.3 Å². The van der Waals surface area contributed by atoms with Crippen molar-refractivity contribution in [2.24, 2.45) is 0 Å².